The molecular formula is C19H17N5O3. The molecule has 0 aliphatic rings. The fourth-order valence-electron chi connectivity index (χ4n) is 2.96. The number of benzene rings is 1. The quantitative estimate of drug-likeness (QED) is 0.567. The van der Waals surface area contributed by atoms with Crippen molar-refractivity contribution in [1.29, 1.82) is 0 Å². The Morgan fingerprint density at radius 2 is 2.07 bits per heavy atom. The Hall–Kier alpha value is -3.68. The lowest BCUT2D eigenvalue weighted by atomic mass is 9.96. The van der Waals surface area contributed by atoms with Crippen LogP contribution in [0.1, 0.15) is 24.8 Å². The fourth-order valence-corrected chi connectivity index (χ4v) is 2.96. The molecule has 8 nitrogen and oxygen atoms in total. The highest BCUT2D eigenvalue weighted by Gasteiger charge is 2.21. The third kappa shape index (κ3) is 3.24. The van der Waals surface area contributed by atoms with Gasteiger partial charge in [0.2, 0.25) is 17.5 Å². The molecule has 0 saturated carbocycles. The van der Waals surface area contributed by atoms with Crippen LogP contribution in [0.5, 0.6) is 0 Å². The van der Waals surface area contributed by atoms with E-state index in [4.69, 9.17) is 4.42 Å². The van der Waals surface area contributed by atoms with Crippen molar-refractivity contribution in [3.63, 3.8) is 0 Å². The number of carbonyl (C=O) groups is 1. The van der Waals surface area contributed by atoms with E-state index < -0.39 is 0 Å². The average molecular weight is 363 g/mol. The lowest BCUT2D eigenvalue weighted by molar-refractivity contribution is -0.117. The van der Waals surface area contributed by atoms with Gasteiger partial charge in [0.15, 0.2) is 5.76 Å². The first-order valence-electron chi connectivity index (χ1n) is 8.55. The zero-order valence-electron chi connectivity index (χ0n) is 14.5. The van der Waals surface area contributed by atoms with Crippen LogP contribution in [0.4, 0.5) is 5.82 Å². The van der Waals surface area contributed by atoms with Gasteiger partial charge in [-0.3, -0.25) is 14.6 Å². The molecular weight excluding hydrogens is 346 g/mol. The van der Waals surface area contributed by atoms with Crippen LogP contribution in [0.15, 0.2) is 64.0 Å². The Labute approximate surface area is 153 Å². The number of anilines is 1. The molecule has 0 spiro atoms. The summed E-state index contributed by atoms with van der Waals surface area (Å²) in [6.45, 7) is 1.94. The van der Waals surface area contributed by atoms with Crippen LogP contribution < -0.4 is 10.9 Å². The summed E-state index contributed by atoms with van der Waals surface area (Å²) >= 11 is 0. The summed E-state index contributed by atoms with van der Waals surface area (Å²) in [5.74, 6) is 0.689. The molecule has 3 aromatic heterocycles. The van der Waals surface area contributed by atoms with E-state index in [1.807, 2.05) is 37.3 Å². The maximum Gasteiger partial charge on any atom is 0.254 e. The first-order chi connectivity index (χ1) is 13.2. The minimum Gasteiger partial charge on any atom is -0.461 e. The molecule has 1 aromatic carbocycles. The number of aromatic nitrogens is 4. The van der Waals surface area contributed by atoms with Crippen LogP contribution in [0.2, 0.25) is 0 Å². The lowest BCUT2D eigenvalue weighted by Gasteiger charge is -2.15. The molecule has 0 saturated heterocycles. The predicted octanol–water partition coefficient (Wildman–Crippen LogP) is 2.81. The van der Waals surface area contributed by atoms with E-state index in [0.29, 0.717) is 18.0 Å². The summed E-state index contributed by atoms with van der Waals surface area (Å²) in [7, 11) is 0. The largest absolute Gasteiger partial charge is 0.461 e. The van der Waals surface area contributed by atoms with Crippen molar-refractivity contribution < 1.29 is 9.21 Å². The first-order valence-corrected chi connectivity index (χ1v) is 8.55. The number of aromatic amines is 1. The Balaban J connectivity index is 1.70. The Morgan fingerprint density at radius 1 is 1.26 bits per heavy atom. The minimum absolute atomic E-state index is 0.217. The Kier molecular flexibility index (Phi) is 4.29. The summed E-state index contributed by atoms with van der Waals surface area (Å²) in [5.41, 5.74) is 0.525. The zero-order chi connectivity index (χ0) is 18.8. The molecule has 0 aliphatic carbocycles. The normalized spacial score (nSPS) is 12.2. The van der Waals surface area contributed by atoms with Gasteiger partial charge in [0.25, 0.3) is 5.56 Å². The first kappa shape index (κ1) is 16.8. The van der Waals surface area contributed by atoms with Crippen molar-refractivity contribution >= 4 is 17.5 Å². The highest BCUT2D eigenvalue weighted by molar-refractivity contribution is 5.95. The molecule has 3 heterocycles. The molecule has 0 aliphatic heterocycles. The number of hydrogen-bond acceptors (Lipinski definition) is 5. The molecule has 2 N–H and O–H groups in total. The van der Waals surface area contributed by atoms with Crippen LogP contribution in [-0.2, 0) is 4.79 Å². The monoisotopic (exact) mass is 363 g/mol. The number of amides is 1. The summed E-state index contributed by atoms with van der Waals surface area (Å²) in [4.78, 5) is 31.7. The van der Waals surface area contributed by atoms with E-state index in [2.05, 4.69) is 20.4 Å². The van der Waals surface area contributed by atoms with E-state index in [9.17, 15) is 9.59 Å². The molecule has 0 radical (unpaired) electrons. The zero-order valence-corrected chi connectivity index (χ0v) is 14.5. The predicted molar refractivity (Wildman–Crippen MR) is 99.4 cm³/mol. The molecule has 136 valence electrons. The third-order valence-electron chi connectivity index (χ3n) is 4.26. The van der Waals surface area contributed by atoms with Gasteiger partial charge in [0.1, 0.15) is 5.82 Å². The highest BCUT2D eigenvalue weighted by atomic mass is 16.3. The van der Waals surface area contributed by atoms with E-state index in [1.165, 1.54) is 16.8 Å². The van der Waals surface area contributed by atoms with Crippen LogP contribution in [-0.4, -0.2) is 25.5 Å². The van der Waals surface area contributed by atoms with Crippen molar-refractivity contribution in [2.45, 2.75) is 19.3 Å². The van der Waals surface area contributed by atoms with Crippen LogP contribution >= 0.6 is 0 Å². The smallest absolute Gasteiger partial charge is 0.254 e. The van der Waals surface area contributed by atoms with Crippen LogP contribution in [0.25, 0.3) is 17.4 Å². The van der Waals surface area contributed by atoms with Gasteiger partial charge < -0.3 is 9.73 Å². The number of furan rings is 1. The van der Waals surface area contributed by atoms with Gasteiger partial charge in [-0.05, 0) is 24.1 Å². The van der Waals surface area contributed by atoms with Crippen LogP contribution in [0, 0.1) is 0 Å². The Morgan fingerprint density at radius 3 is 2.78 bits per heavy atom. The second kappa shape index (κ2) is 6.91. The molecule has 1 atom stereocenters. The molecule has 8 heteroatoms. The van der Waals surface area contributed by atoms with Gasteiger partial charge in [-0.15, -0.1) is 5.10 Å². The van der Waals surface area contributed by atoms with Gasteiger partial charge in [-0.25, -0.2) is 0 Å². The summed E-state index contributed by atoms with van der Waals surface area (Å²) in [6, 6.07) is 14.2. The average Bonchev–Trinajstić information content (AvgIpc) is 3.32. The molecule has 4 rings (SSSR count). The molecule has 1 amide bonds. The van der Waals surface area contributed by atoms with Crippen molar-refractivity contribution in [2.24, 2.45) is 0 Å². The molecule has 0 unspecified atom stereocenters. The van der Waals surface area contributed by atoms with E-state index >= 15 is 0 Å². The number of fused-ring (bicyclic) bond motifs is 1. The number of hydrogen-bond donors (Lipinski definition) is 2. The molecule has 0 fully saturated rings. The van der Waals surface area contributed by atoms with E-state index in [1.54, 1.807) is 12.1 Å². The van der Waals surface area contributed by atoms with E-state index in [0.717, 1.165) is 5.56 Å². The van der Waals surface area contributed by atoms with Gasteiger partial charge >= 0.3 is 0 Å². The van der Waals surface area contributed by atoms with E-state index in [-0.39, 0.29) is 29.0 Å². The topological polar surface area (TPSA) is 105 Å². The lowest BCUT2D eigenvalue weighted by Crippen LogP contribution is -2.24. The summed E-state index contributed by atoms with van der Waals surface area (Å²) < 4.78 is 6.68. The number of rotatable bonds is 5. The number of nitrogens with zero attached hydrogens (tertiary/aromatic N) is 3. The van der Waals surface area contributed by atoms with Crippen molar-refractivity contribution in [1.82, 2.24) is 19.6 Å². The van der Waals surface area contributed by atoms with Crippen LogP contribution in [0.3, 0.4) is 0 Å². The highest BCUT2D eigenvalue weighted by Crippen LogP contribution is 2.22. The van der Waals surface area contributed by atoms with Crippen molar-refractivity contribution in [3.8, 4) is 11.6 Å². The summed E-state index contributed by atoms with van der Waals surface area (Å²) in [5, 5.41) is 7.14. The number of carbonyl (C=O) groups excluding carboxylic acids is 1. The minimum atomic E-state index is -0.385. The summed E-state index contributed by atoms with van der Waals surface area (Å²) in [6.07, 6.45) is 2.13. The maximum absolute atomic E-state index is 12.8. The number of nitrogens with one attached hydrogen (secondary N) is 2. The maximum atomic E-state index is 12.8. The fraction of sp³-hybridized carbons (Fsp3) is 0.158. The second-order valence-electron chi connectivity index (χ2n) is 6.03. The Bertz CT molecular complexity index is 1130. The van der Waals surface area contributed by atoms with Gasteiger partial charge in [0.05, 0.1) is 12.2 Å². The van der Waals surface area contributed by atoms with Gasteiger partial charge in [0, 0.05) is 6.07 Å². The standard InChI is InChI=1S/C19H17N5O3/c1-2-13(12-7-4-3-5-8-12)18(26)20-15-11-16(25)21-19-22-17(23-24(15)19)14-9-6-10-27-14/h3-11,13H,2H2,1H3,(H,20,26)(H,21,22,23,25)/t13-/m0/s1. The van der Waals surface area contributed by atoms with Crippen molar-refractivity contribution in [3.05, 3.63) is 70.7 Å². The molecule has 0 bridgehead atoms. The van der Waals surface area contributed by atoms with Gasteiger partial charge in [-0.1, -0.05) is 37.3 Å². The second-order valence-corrected chi connectivity index (χ2v) is 6.03. The third-order valence-corrected chi connectivity index (χ3v) is 4.26. The molecule has 4 aromatic rings. The molecule has 27 heavy (non-hydrogen) atoms. The van der Waals surface area contributed by atoms with Gasteiger partial charge in [-0.2, -0.15) is 9.50 Å². The van der Waals surface area contributed by atoms with Crippen molar-refractivity contribution in [2.75, 3.05) is 5.32 Å². The number of H-pyrrole nitrogens is 1. The SMILES string of the molecule is CC[C@H](C(=O)Nc1cc(=O)[nH]c2nc(-c3ccco3)nn12)c1ccccc1.